The molecule has 100 valence electrons. The van der Waals surface area contributed by atoms with Crippen molar-refractivity contribution in [1.82, 2.24) is 4.98 Å². The van der Waals surface area contributed by atoms with Crippen molar-refractivity contribution in [3.05, 3.63) is 40.9 Å². The number of nitrogens with zero attached hydrogens (tertiary/aromatic N) is 1. The Balaban J connectivity index is 1.98. The van der Waals surface area contributed by atoms with Crippen LogP contribution in [-0.2, 0) is 4.79 Å². The van der Waals surface area contributed by atoms with Crippen LogP contribution in [0, 0.1) is 13.8 Å². The Morgan fingerprint density at radius 2 is 2.16 bits per heavy atom. The van der Waals surface area contributed by atoms with Crippen molar-refractivity contribution < 1.29 is 9.53 Å². The van der Waals surface area contributed by atoms with E-state index >= 15 is 0 Å². The van der Waals surface area contributed by atoms with Gasteiger partial charge in [0, 0.05) is 11.6 Å². The number of hydrogen-bond donors (Lipinski definition) is 1. The maximum atomic E-state index is 11.9. The van der Waals surface area contributed by atoms with Gasteiger partial charge in [0.05, 0.1) is 0 Å². The molecule has 1 amide bonds. The third-order valence-electron chi connectivity index (χ3n) is 2.82. The number of aromatic nitrogens is 1. The average molecular weight is 276 g/mol. The summed E-state index contributed by atoms with van der Waals surface area (Å²) in [6.07, 6.45) is 1.08. The van der Waals surface area contributed by atoms with E-state index in [1.807, 2.05) is 37.4 Å². The van der Waals surface area contributed by atoms with Crippen LogP contribution in [0.3, 0.4) is 0 Å². The lowest BCUT2D eigenvalue weighted by molar-refractivity contribution is -0.122. The number of benzene rings is 1. The molecule has 1 aromatic carbocycles. The molecule has 0 fully saturated rings. The van der Waals surface area contributed by atoms with E-state index < -0.39 is 6.10 Å². The smallest absolute Gasteiger partial charge is 0.266 e. The Morgan fingerprint density at radius 3 is 2.79 bits per heavy atom. The van der Waals surface area contributed by atoms with Crippen LogP contribution in [0.25, 0.3) is 0 Å². The predicted molar refractivity (Wildman–Crippen MR) is 76.7 cm³/mol. The number of carbonyl (C=O) groups is 1. The Bertz CT molecular complexity index is 567. The van der Waals surface area contributed by atoms with Crippen LogP contribution in [0.2, 0.25) is 0 Å². The SMILES string of the molecule is Cc1ccc(OC(C)C(=O)Nc2nccs2)cc1C. The second-order valence-electron chi connectivity index (χ2n) is 4.33. The number of amides is 1. The molecule has 1 heterocycles. The molecule has 1 N–H and O–H groups in total. The van der Waals surface area contributed by atoms with Gasteiger partial charge >= 0.3 is 0 Å². The molecular weight excluding hydrogens is 260 g/mol. The lowest BCUT2D eigenvalue weighted by atomic mass is 10.1. The minimum absolute atomic E-state index is 0.201. The molecule has 19 heavy (non-hydrogen) atoms. The molecule has 0 radical (unpaired) electrons. The second kappa shape index (κ2) is 5.84. The van der Waals surface area contributed by atoms with Crippen molar-refractivity contribution in [2.75, 3.05) is 5.32 Å². The number of hydrogen-bond acceptors (Lipinski definition) is 4. The minimum atomic E-state index is -0.564. The molecule has 0 aliphatic heterocycles. The van der Waals surface area contributed by atoms with Crippen LogP contribution in [-0.4, -0.2) is 17.0 Å². The predicted octanol–water partition coefficient (Wildman–Crippen LogP) is 3.17. The summed E-state index contributed by atoms with van der Waals surface area (Å²) < 4.78 is 5.63. The highest BCUT2D eigenvalue weighted by Gasteiger charge is 2.15. The van der Waals surface area contributed by atoms with Gasteiger partial charge in [-0.05, 0) is 44.0 Å². The van der Waals surface area contributed by atoms with Gasteiger partial charge in [-0.1, -0.05) is 6.07 Å². The summed E-state index contributed by atoms with van der Waals surface area (Å²) in [6.45, 7) is 5.78. The number of rotatable bonds is 4. The fourth-order valence-corrected chi connectivity index (χ4v) is 2.07. The average Bonchev–Trinajstić information content (AvgIpc) is 2.86. The highest BCUT2D eigenvalue weighted by atomic mass is 32.1. The largest absolute Gasteiger partial charge is 0.481 e. The Labute approximate surface area is 116 Å². The third kappa shape index (κ3) is 3.54. The van der Waals surface area contributed by atoms with Crippen molar-refractivity contribution in [1.29, 1.82) is 0 Å². The van der Waals surface area contributed by atoms with E-state index in [4.69, 9.17) is 4.74 Å². The van der Waals surface area contributed by atoms with E-state index in [1.165, 1.54) is 16.9 Å². The molecule has 1 atom stereocenters. The van der Waals surface area contributed by atoms with Gasteiger partial charge in [-0.2, -0.15) is 0 Å². The number of thiazole rings is 1. The first-order valence-corrected chi connectivity index (χ1v) is 6.88. The number of ether oxygens (including phenoxy) is 1. The molecule has 0 saturated heterocycles. The van der Waals surface area contributed by atoms with Crippen LogP contribution in [0.5, 0.6) is 5.75 Å². The number of aryl methyl sites for hydroxylation is 2. The molecule has 1 aromatic heterocycles. The van der Waals surface area contributed by atoms with Crippen LogP contribution in [0.4, 0.5) is 5.13 Å². The first-order chi connectivity index (χ1) is 9.06. The first-order valence-electron chi connectivity index (χ1n) is 6.00. The van der Waals surface area contributed by atoms with Crippen LogP contribution in [0.1, 0.15) is 18.1 Å². The summed E-state index contributed by atoms with van der Waals surface area (Å²) in [5.74, 6) is 0.498. The van der Waals surface area contributed by atoms with Crippen LogP contribution < -0.4 is 10.1 Å². The van der Waals surface area contributed by atoms with E-state index in [0.717, 1.165) is 5.56 Å². The van der Waals surface area contributed by atoms with E-state index in [2.05, 4.69) is 10.3 Å². The second-order valence-corrected chi connectivity index (χ2v) is 5.23. The van der Waals surface area contributed by atoms with E-state index in [1.54, 1.807) is 13.1 Å². The standard InChI is InChI=1S/C14H16N2O2S/c1-9-4-5-12(8-10(9)2)18-11(3)13(17)16-14-15-6-7-19-14/h4-8,11H,1-3H3,(H,15,16,17). The molecular formula is C14H16N2O2S. The quantitative estimate of drug-likeness (QED) is 0.933. The maximum Gasteiger partial charge on any atom is 0.266 e. The fourth-order valence-electron chi connectivity index (χ4n) is 1.54. The zero-order chi connectivity index (χ0) is 13.8. The van der Waals surface area contributed by atoms with E-state index in [-0.39, 0.29) is 5.91 Å². The van der Waals surface area contributed by atoms with Crippen LogP contribution in [0.15, 0.2) is 29.8 Å². The van der Waals surface area contributed by atoms with Gasteiger partial charge in [-0.3, -0.25) is 10.1 Å². The van der Waals surface area contributed by atoms with Crippen molar-refractivity contribution in [2.24, 2.45) is 0 Å². The molecule has 2 aromatic rings. The summed E-state index contributed by atoms with van der Waals surface area (Å²) in [5.41, 5.74) is 2.34. The van der Waals surface area contributed by atoms with E-state index in [9.17, 15) is 4.79 Å². The molecule has 5 heteroatoms. The Hall–Kier alpha value is -1.88. The van der Waals surface area contributed by atoms with E-state index in [0.29, 0.717) is 10.9 Å². The Kier molecular flexibility index (Phi) is 4.16. The van der Waals surface area contributed by atoms with Gasteiger partial charge < -0.3 is 4.74 Å². The van der Waals surface area contributed by atoms with Gasteiger partial charge in [0.15, 0.2) is 11.2 Å². The summed E-state index contributed by atoms with van der Waals surface area (Å²) in [4.78, 5) is 15.9. The zero-order valence-corrected chi connectivity index (χ0v) is 12.0. The normalized spacial score (nSPS) is 11.9. The van der Waals surface area contributed by atoms with Gasteiger partial charge in [-0.15, -0.1) is 11.3 Å². The topological polar surface area (TPSA) is 51.2 Å². The van der Waals surface area contributed by atoms with Gasteiger partial charge in [0.2, 0.25) is 0 Å². The van der Waals surface area contributed by atoms with Crippen molar-refractivity contribution in [3.8, 4) is 5.75 Å². The Morgan fingerprint density at radius 1 is 1.37 bits per heavy atom. The van der Waals surface area contributed by atoms with Crippen molar-refractivity contribution in [3.63, 3.8) is 0 Å². The third-order valence-corrected chi connectivity index (χ3v) is 3.51. The first kappa shape index (κ1) is 13.5. The van der Waals surface area contributed by atoms with Gasteiger partial charge in [0.1, 0.15) is 5.75 Å². The van der Waals surface area contributed by atoms with Gasteiger partial charge in [-0.25, -0.2) is 4.98 Å². The molecule has 2 rings (SSSR count). The molecule has 0 spiro atoms. The zero-order valence-electron chi connectivity index (χ0n) is 11.1. The highest BCUT2D eigenvalue weighted by molar-refractivity contribution is 7.13. The number of anilines is 1. The lowest BCUT2D eigenvalue weighted by Gasteiger charge is -2.14. The molecule has 0 aliphatic carbocycles. The maximum absolute atomic E-state index is 11.9. The summed E-state index contributed by atoms with van der Waals surface area (Å²) in [6, 6.07) is 5.79. The molecule has 0 saturated carbocycles. The van der Waals surface area contributed by atoms with Crippen LogP contribution >= 0.6 is 11.3 Å². The number of carbonyl (C=O) groups excluding carboxylic acids is 1. The molecule has 1 unspecified atom stereocenters. The van der Waals surface area contributed by atoms with Crippen molar-refractivity contribution >= 4 is 22.4 Å². The summed E-state index contributed by atoms with van der Waals surface area (Å²) in [7, 11) is 0. The lowest BCUT2D eigenvalue weighted by Crippen LogP contribution is -2.30. The summed E-state index contributed by atoms with van der Waals surface area (Å²) >= 11 is 1.38. The summed E-state index contributed by atoms with van der Waals surface area (Å²) in [5, 5.41) is 5.11. The number of nitrogens with one attached hydrogen (secondary N) is 1. The van der Waals surface area contributed by atoms with Gasteiger partial charge in [0.25, 0.3) is 5.91 Å². The highest BCUT2D eigenvalue weighted by Crippen LogP contribution is 2.18. The molecule has 0 aliphatic rings. The fraction of sp³-hybridized carbons (Fsp3) is 0.286. The monoisotopic (exact) mass is 276 g/mol. The molecule has 0 bridgehead atoms. The van der Waals surface area contributed by atoms with Crippen molar-refractivity contribution in [2.45, 2.75) is 26.9 Å². The molecule has 4 nitrogen and oxygen atoms in total. The minimum Gasteiger partial charge on any atom is -0.481 e.